The third kappa shape index (κ3) is 1.22. The SMILES string of the molecule is C[C@@H]1CCC(=O)[C@]2(C)CC(=O)[C@@H]3[C@@H]([C@@H]12)C3(C)C. The normalized spacial score (nSPS) is 51.8. The van der Waals surface area contributed by atoms with Gasteiger partial charge < -0.3 is 0 Å². The number of ketones is 2. The molecule has 0 bridgehead atoms. The van der Waals surface area contributed by atoms with E-state index in [1.165, 1.54) is 0 Å². The molecule has 94 valence electrons. The number of fused-ring (bicyclic) bond motifs is 3. The fourth-order valence-corrected chi connectivity index (χ4v) is 5.04. The summed E-state index contributed by atoms with van der Waals surface area (Å²) in [7, 11) is 0. The highest BCUT2D eigenvalue weighted by Gasteiger charge is 2.72. The summed E-state index contributed by atoms with van der Waals surface area (Å²) in [5.41, 5.74) is -0.199. The molecule has 3 aliphatic rings. The van der Waals surface area contributed by atoms with Crippen molar-refractivity contribution in [2.24, 2.45) is 34.5 Å². The minimum atomic E-state index is -0.344. The summed E-state index contributed by atoms with van der Waals surface area (Å²) >= 11 is 0. The molecule has 0 N–H and O–H groups in total. The predicted octanol–water partition coefficient (Wildman–Crippen LogP) is 2.85. The van der Waals surface area contributed by atoms with Crippen molar-refractivity contribution in [1.82, 2.24) is 0 Å². The van der Waals surface area contributed by atoms with Crippen LogP contribution < -0.4 is 0 Å². The van der Waals surface area contributed by atoms with Crippen LogP contribution >= 0.6 is 0 Å². The Hall–Kier alpha value is -0.660. The highest BCUT2D eigenvalue weighted by atomic mass is 16.1. The minimum absolute atomic E-state index is 0.144. The van der Waals surface area contributed by atoms with Crippen molar-refractivity contribution < 1.29 is 9.59 Å². The standard InChI is InChI=1S/C15H22O2/c1-8-5-6-10(17)15(4)7-9(16)12-13(11(8)15)14(12,2)3/h8,11-13H,5-7H2,1-4H3/t8-,11-,12-,13-,15+/m1/s1. The van der Waals surface area contributed by atoms with E-state index >= 15 is 0 Å². The molecular weight excluding hydrogens is 212 g/mol. The van der Waals surface area contributed by atoms with Gasteiger partial charge in [-0.25, -0.2) is 0 Å². The zero-order chi connectivity index (χ0) is 12.6. The van der Waals surface area contributed by atoms with E-state index in [-0.39, 0.29) is 16.7 Å². The second kappa shape index (κ2) is 3.02. The summed E-state index contributed by atoms with van der Waals surface area (Å²) in [4.78, 5) is 24.5. The molecule has 0 aromatic heterocycles. The van der Waals surface area contributed by atoms with E-state index in [0.29, 0.717) is 42.2 Å². The van der Waals surface area contributed by atoms with Gasteiger partial charge in [0.1, 0.15) is 11.6 Å². The van der Waals surface area contributed by atoms with E-state index in [1.807, 2.05) is 0 Å². The van der Waals surface area contributed by atoms with Gasteiger partial charge in [0.15, 0.2) is 0 Å². The molecule has 0 radical (unpaired) electrons. The Balaban J connectivity index is 2.04. The number of hydrogen-bond acceptors (Lipinski definition) is 2. The molecule has 3 saturated carbocycles. The lowest BCUT2D eigenvalue weighted by Crippen LogP contribution is -2.49. The average Bonchev–Trinajstić information content (AvgIpc) is 2.77. The van der Waals surface area contributed by atoms with Gasteiger partial charge in [0.25, 0.3) is 0 Å². The lowest BCUT2D eigenvalue weighted by atomic mass is 9.56. The van der Waals surface area contributed by atoms with Gasteiger partial charge >= 0.3 is 0 Å². The highest BCUT2D eigenvalue weighted by molar-refractivity contribution is 5.96. The molecule has 3 rings (SSSR count). The third-order valence-corrected chi connectivity index (χ3v) is 6.00. The van der Waals surface area contributed by atoms with Crippen LogP contribution in [0.1, 0.15) is 47.0 Å². The van der Waals surface area contributed by atoms with Crippen LogP contribution in [0.4, 0.5) is 0 Å². The van der Waals surface area contributed by atoms with Gasteiger partial charge in [0, 0.05) is 24.2 Å². The lowest BCUT2D eigenvalue weighted by molar-refractivity contribution is -0.146. The van der Waals surface area contributed by atoms with Crippen molar-refractivity contribution in [2.75, 3.05) is 0 Å². The number of carbonyl (C=O) groups is 2. The molecular formula is C15H22O2. The Morgan fingerprint density at radius 2 is 1.76 bits per heavy atom. The fourth-order valence-electron chi connectivity index (χ4n) is 5.04. The summed E-state index contributed by atoms with van der Waals surface area (Å²) < 4.78 is 0. The van der Waals surface area contributed by atoms with E-state index in [1.54, 1.807) is 0 Å². The first kappa shape index (κ1) is 11.4. The number of hydrogen-bond donors (Lipinski definition) is 0. The molecule has 0 amide bonds. The first-order valence-electron chi connectivity index (χ1n) is 6.86. The zero-order valence-corrected chi connectivity index (χ0v) is 11.2. The smallest absolute Gasteiger partial charge is 0.139 e. The molecule has 17 heavy (non-hydrogen) atoms. The van der Waals surface area contributed by atoms with Crippen LogP contribution in [0.25, 0.3) is 0 Å². The zero-order valence-electron chi connectivity index (χ0n) is 11.2. The summed E-state index contributed by atoms with van der Waals surface area (Å²) in [5.74, 6) is 2.44. The molecule has 0 heterocycles. The van der Waals surface area contributed by atoms with Crippen LogP contribution in [-0.4, -0.2) is 11.6 Å². The van der Waals surface area contributed by atoms with Crippen molar-refractivity contribution in [1.29, 1.82) is 0 Å². The van der Waals surface area contributed by atoms with Crippen LogP contribution in [0, 0.1) is 34.5 Å². The van der Waals surface area contributed by atoms with Gasteiger partial charge in [-0.2, -0.15) is 0 Å². The monoisotopic (exact) mass is 234 g/mol. The Morgan fingerprint density at radius 1 is 1.12 bits per heavy atom. The molecule has 0 spiro atoms. The Bertz CT molecular complexity index is 409. The van der Waals surface area contributed by atoms with Crippen LogP contribution in [0.15, 0.2) is 0 Å². The van der Waals surface area contributed by atoms with Crippen LogP contribution in [-0.2, 0) is 9.59 Å². The van der Waals surface area contributed by atoms with E-state index in [9.17, 15) is 9.59 Å². The maximum absolute atomic E-state index is 12.3. The molecule has 0 saturated heterocycles. The van der Waals surface area contributed by atoms with Gasteiger partial charge in [-0.05, 0) is 29.6 Å². The summed E-state index contributed by atoms with van der Waals surface area (Å²) in [6.45, 7) is 8.74. The van der Waals surface area contributed by atoms with Crippen LogP contribution in [0.2, 0.25) is 0 Å². The lowest BCUT2D eigenvalue weighted by Gasteiger charge is -2.46. The number of carbonyl (C=O) groups excluding carboxylic acids is 2. The fraction of sp³-hybridized carbons (Fsp3) is 0.867. The van der Waals surface area contributed by atoms with E-state index < -0.39 is 0 Å². The van der Waals surface area contributed by atoms with Crippen molar-refractivity contribution >= 4 is 11.6 Å². The molecule has 3 fully saturated rings. The second-order valence-electron chi connectivity index (χ2n) is 7.35. The second-order valence-corrected chi connectivity index (χ2v) is 7.35. The van der Waals surface area contributed by atoms with Gasteiger partial charge in [0.05, 0.1) is 0 Å². The number of rotatable bonds is 0. The van der Waals surface area contributed by atoms with Crippen molar-refractivity contribution in [3.05, 3.63) is 0 Å². The van der Waals surface area contributed by atoms with E-state index in [4.69, 9.17) is 0 Å². The Morgan fingerprint density at radius 3 is 2.41 bits per heavy atom. The highest BCUT2D eigenvalue weighted by Crippen LogP contribution is 2.71. The van der Waals surface area contributed by atoms with Gasteiger partial charge in [-0.3, -0.25) is 9.59 Å². The van der Waals surface area contributed by atoms with Crippen LogP contribution in [0.3, 0.4) is 0 Å². The van der Waals surface area contributed by atoms with Crippen molar-refractivity contribution in [3.8, 4) is 0 Å². The third-order valence-electron chi connectivity index (χ3n) is 6.00. The molecule has 3 aliphatic carbocycles. The molecule has 0 unspecified atom stereocenters. The maximum atomic E-state index is 12.3. The van der Waals surface area contributed by atoms with Crippen LogP contribution in [0.5, 0.6) is 0 Å². The van der Waals surface area contributed by atoms with Gasteiger partial charge in [-0.1, -0.05) is 27.7 Å². The topological polar surface area (TPSA) is 34.1 Å². The Labute approximate surface area is 103 Å². The van der Waals surface area contributed by atoms with Gasteiger partial charge in [-0.15, -0.1) is 0 Å². The maximum Gasteiger partial charge on any atom is 0.139 e. The summed E-state index contributed by atoms with van der Waals surface area (Å²) in [6.07, 6.45) is 2.21. The predicted molar refractivity (Wildman–Crippen MR) is 65.4 cm³/mol. The largest absolute Gasteiger partial charge is 0.299 e. The molecule has 0 aliphatic heterocycles. The van der Waals surface area contributed by atoms with Crippen molar-refractivity contribution in [2.45, 2.75) is 47.0 Å². The van der Waals surface area contributed by atoms with Gasteiger partial charge in [0.2, 0.25) is 0 Å². The summed E-state index contributed by atoms with van der Waals surface area (Å²) in [6, 6.07) is 0. The first-order chi connectivity index (χ1) is 7.80. The van der Waals surface area contributed by atoms with E-state index in [0.717, 1.165) is 6.42 Å². The van der Waals surface area contributed by atoms with E-state index in [2.05, 4.69) is 27.7 Å². The Kier molecular flexibility index (Phi) is 2.03. The molecule has 0 aromatic carbocycles. The first-order valence-corrected chi connectivity index (χ1v) is 6.86. The molecule has 5 atom stereocenters. The number of Topliss-reactive ketones (excluding diaryl/α,β-unsaturated/α-hetero) is 2. The minimum Gasteiger partial charge on any atom is -0.299 e. The van der Waals surface area contributed by atoms with Crippen molar-refractivity contribution in [3.63, 3.8) is 0 Å². The average molecular weight is 234 g/mol. The summed E-state index contributed by atoms with van der Waals surface area (Å²) in [5, 5.41) is 0. The molecule has 2 nitrogen and oxygen atoms in total. The quantitative estimate of drug-likeness (QED) is 0.646. The molecule has 0 aromatic rings. The molecule has 2 heteroatoms.